The zero-order chi connectivity index (χ0) is 25.6. The van der Waals surface area contributed by atoms with Crippen molar-refractivity contribution in [1.29, 1.82) is 0 Å². The lowest BCUT2D eigenvalue weighted by Crippen LogP contribution is -2.29. The van der Waals surface area contributed by atoms with E-state index in [1.165, 1.54) is 6.20 Å². The molecule has 0 aliphatic heterocycles. The van der Waals surface area contributed by atoms with Gasteiger partial charge in [-0.05, 0) is 44.9 Å². The van der Waals surface area contributed by atoms with Crippen molar-refractivity contribution in [1.82, 2.24) is 19.7 Å². The summed E-state index contributed by atoms with van der Waals surface area (Å²) in [6.45, 7) is 3.31. The first-order chi connectivity index (χ1) is 17.1. The molecule has 7 nitrogen and oxygen atoms in total. The highest BCUT2D eigenvalue weighted by Crippen LogP contribution is 2.30. The summed E-state index contributed by atoms with van der Waals surface area (Å²) in [4.78, 5) is 21.2. The second-order valence-corrected chi connectivity index (χ2v) is 9.55. The molecule has 0 atom stereocenters. The van der Waals surface area contributed by atoms with Gasteiger partial charge in [-0.15, -0.1) is 0 Å². The van der Waals surface area contributed by atoms with Crippen LogP contribution in [0.3, 0.4) is 0 Å². The number of fused-ring (bicyclic) bond motifs is 1. The van der Waals surface area contributed by atoms with Gasteiger partial charge in [0, 0.05) is 41.5 Å². The molecule has 1 aliphatic rings. The highest BCUT2D eigenvalue weighted by molar-refractivity contribution is 5.95. The summed E-state index contributed by atoms with van der Waals surface area (Å²) < 4.78 is 43.8. The molecule has 1 aliphatic carbocycles. The third-order valence-electron chi connectivity index (χ3n) is 5.82. The average Bonchev–Trinajstić information content (AvgIpc) is 3.54. The number of hydrogen-bond donors (Lipinski definition) is 3. The third kappa shape index (κ3) is 4.90. The minimum atomic E-state index is -1.30. The number of aromatic nitrogens is 3. The topological polar surface area (TPSA) is 91.5 Å². The number of nitrogens with zero attached hydrogens (tertiary/aromatic N) is 3. The summed E-state index contributed by atoms with van der Waals surface area (Å²) in [6.07, 6.45) is 5.06. The van der Waals surface area contributed by atoms with Gasteiger partial charge < -0.3 is 15.7 Å². The SMILES string of the molecule is CC(C)(O)CNc1nc(-c2cc(F)c(F)cc2F)cn2c(-c3ccc(C(=O)NC4CC4)cc3)cnc12. The number of anilines is 1. The van der Waals surface area contributed by atoms with Gasteiger partial charge in [0.25, 0.3) is 5.91 Å². The number of benzene rings is 2. The lowest BCUT2D eigenvalue weighted by Gasteiger charge is -2.19. The van der Waals surface area contributed by atoms with Crippen molar-refractivity contribution in [3.05, 3.63) is 71.8 Å². The van der Waals surface area contributed by atoms with E-state index < -0.39 is 23.1 Å². The Morgan fingerprint density at radius 3 is 2.47 bits per heavy atom. The lowest BCUT2D eigenvalue weighted by molar-refractivity contribution is 0.0940. The average molecular weight is 496 g/mol. The molecule has 0 saturated heterocycles. The zero-order valence-corrected chi connectivity index (χ0v) is 19.6. The van der Waals surface area contributed by atoms with Crippen molar-refractivity contribution < 1.29 is 23.1 Å². The summed E-state index contributed by atoms with van der Waals surface area (Å²) in [6, 6.07) is 8.42. The fraction of sp³-hybridized carbons (Fsp3) is 0.269. The first-order valence-electron chi connectivity index (χ1n) is 11.5. The van der Waals surface area contributed by atoms with Gasteiger partial charge in [-0.3, -0.25) is 9.20 Å². The van der Waals surface area contributed by atoms with Crippen LogP contribution < -0.4 is 10.6 Å². The van der Waals surface area contributed by atoms with Gasteiger partial charge in [0.2, 0.25) is 0 Å². The molecule has 2 aromatic heterocycles. The molecular formula is C26H24F3N5O2. The van der Waals surface area contributed by atoms with E-state index in [4.69, 9.17) is 0 Å². The number of halogens is 3. The van der Waals surface area contributed by atoms with Crippen LogP contribution in [0.5, 0.6) is 0 Å². The summed E-state index contributed by atoms with van der Waals surface area (Å²) in [5.41, 5.74) is 0.966. The Bertz CT molecular complexity index is 1460. The van der Waals surface area contributed by atoms with E-state index in [-0.39, 0.29) is 35.6 Å². The molecule has 2 aromatic carbocycles. The predicted molar refractivity (Wildman–Crippen MR) is 129 cm³/mol. The van der Waals surface area contributed by atoms with Gasteiger partial charge in [-0.25, -0.2) is 23.1 Å². The number of aliphatic hydroxyl groups is 1. The molecular weight excluding hydrogens is 471 g/mol. The fourth-order valence-electron chi connectivity index (χ4n) is 3.76. The summed E-state index contributed by atoms with van der Waals surface area (Å²) in [5.74, 6) is -3.38. The molecule has 36 heavy (non-hydrogen) atoms. The van der Waals surface area contributed by atoms with E-state index in [1.54, 1.807) is 48.7 Å². The Kier molecular flexibility index (Phi) is 5.91. The van der Waals surface area contributed by atoms with Crippen LogP contribution in [0.2, 0.25) is 0 Å². The molecule has 1 amide bonds. The van der Waals surface area contributed by atoms with Crippen LogP contribution in [0.1, 0.15) is 37.0 Å². The molecule has 186 valence electrons. The van der Waals surface area contributed by atoms with Gasteiger partial charge in [-0.2, -0.15) is 0 Å². The molecule has 0 unspecified atom stereocenters. The highest BCUT2D eigenvalue weighted by Gasteiger charge is 2.24. The highest BCUT2D eigenvalue weighted by atomic mass is 19.2. The normalized spacial score (nSPS) is 13.7. The van der Waals surface area contributed by atoms with Crippen LogP contribution in [0, 0.1) is 17.5 Å². The van der Waals surface area contributed by atoms with Crippen LogP contribution in [0.4, 0.5) is 19.0 Å². The van der Waals surface area contributed by atoms with Crippen molar-refractivity contribution in [3.8, 4) is 22.5 Å². The minimum Gasteiger partial charge on any atom is -0.389 e. The van der Waals surface area contributed by atoms with Gasteiger partial charge >= 0.3 is 0 Å². The maximum absolute atomic E-state index is 14.6. The van der Waals surface area contributed by atoms with Crippen LogP contribution in [-0.2, 0) is 0 Å². The Morgan fingerprint density at radius 2 is 1.81 bits per heavy atom. The molecule has 3 N–H and O–H groups in total. The molecule has 10 heteroatoms. The molecule has 0 spiro atoms. The zero-order valence-electron chi connectivity index (χ0n) is 19.6. The first kappa shape index (κ1) is 23.8. The Balaban J connectivity index is 1.59. The smallest absolute Gasteiger partial charge is 0.251 e. The van der Waals surface area contributed by atoms with Gasteiger partial charge in [0.15, 0.2) is 23.1 Å². The van der Waals surface area contributed by atoms with Gasteiger partial charge in [0.05, 0.1) is 23.2 Å². The molecule has 0 radical (unpaired) electrons. The van der Waals surface area contributed by atoms with E-state index in [1.807, 2.05) is 0 Å². The van der Waals surface area contributed by atoms with E-state index in [9.17, 15) is 23.1 Å². The van der Waals surface area contributed by atoms with Crippen molar-refractivity contribution in [3.63, 3.8) is 0 Å². The van der Waals surface area contributed by atoms with Gasteiger partial charge in [-0.1, -0.05) is 12.1 Å². The largest absolute Gasteiger partial charge is 0.389 e. The van der Waals surface area contributed by atoms with Gasteiger partial charge in [0.1, 0.15) is 5.82 Å². The molecule has 2 heterocycles. The first-order valence-corrected chi connectivity index (χ1v) is 11.5. The number of hydrogen-bond acceptors (Lipinski definition) is 5. The Hall–Kier alpha value is -3.92. The maximum Gasteiger partial charge on any atom is 0.251 e. The van der Waals surface area contributed by atoms with E-state index in [0.717, 1.165) is 24.5 Å². The summed E-state index contributed by atoms with van der Waals surface area (Å²) in [5, 5.41) is 16.1. The number of nitrogens with one attached hydrogen (secondary N) is 2. The Morgan fingerprint density at radius 1 is 1.11 bits per heavy atom. The molecule has 5 rings (SSSR count). The van der Waals surface area contributed by atoms with E-state index in [2.05, 4.69) is 20.6 Å². The number of amides is 1. The van der Waals surface area contributed by atoms with E-state index >= 15 is 0 Å². The fourth-order valence-corrected chi connectivity index (χ4v) is 3.76. The number of carbonyl (C=O) groups is 1. The van der Waals surface area contributed by atoms with Crippen LogP contribution in [-0.4, -0.2) is 43.6 Å². The molecule has 4 aromatic rings. The minimum absolute atomic E-state index is 0.0387. The van der Waals surface area contributed by atoms with Crippen LogP contribution in [0.15, 0.2) is 48.8 Å². The predicted octanol–water partition coefficient (Wildman–Crippen LogP) is 4.56. The quantitative estimate of drug-likeness (QED) is 0.327. The molecule has 1 fully saturated rings. The van der Waals surface area contributed by atoms with Crippen molar-refractivity contribution >= 4 is 17.4 Å². The Labute approximate surface area is 205 Å². The standard InChI is InChI=1S/C26H24F3N5O2/c1-26(2,36)13-31-23-24-30-11-22(14-3-5-15(6-4-14)25(35)32-16-7-8-16)34(24)12-21(33-23)17-9-19(28)20(29)10-18(17)27/h3-6,9-12,16,36H,7-8,13H2,1-2H3,(H,31,33)(H,32,35). The monoisotopic (exact) mass is 495 g/mol. The van der Waals surface area contributed by atoms with Crippen LogP contribution >= 0.6 is 0 Å². The number of rotatable bonds is 7. The lowest BCUT2D eigenvalue weighted by atomic mass is 10.1. The second kappa shape index (κ2) is 8.94. The number of imidazole rings is 1. The third-order valence-corrected chi connectivity index (χ3v) is 5.82. The van der Waals surface area contributed by atoms with Crippen molar-refractivity contribution in [2.75, 3.05) is 11.9 Å². The summed E-state index contributed by atoms with van der Waals surface area (Å²) >= 11 is 0. The van der Waals surface area contributed by atoms with E-state index in [0.29, 0.717) is 23.0 Å². The molecule has 1 saturated carbocycles. The summed E-state index contributed by atoms with van der Waals surface area (Å²) in [7, 11) is 0. The van der Waals surface area contributed by atoms with Crippen molar-refractivity contribution in [2.45, 2.75) is 38.3 Å². The number of carbonyl (C=O) groups excluding carboxylic acids is 1. The van der Waals surface area contributed by atoms with Crippen LogP contribution in [0.25, 0.3) is 28.2 Å². The maximum atomic E-state index is 14.6. The van der Waals surface area contributed by atoms with Crippen molar-refractivity contribution in [2.24, 2.45) is 0 Å². The molecule has 0 bridgehead atoms. The second-order valence-electron chi connectivity index (χ2n) is 9.55.